The van der Waals surface area contributed by atoms with Crippen LogP contribution in [0.3, 0.4) is 0 Å². The average molecular weight is 558 g/mol. The lowest BCUT2D eigenvalue weighted by molar-refractivity contribution is -0.160. The van der Waals surface area contributed by atoms with Crippen LogP contribution in [0.1, 0.15) is 70.3 Å². The van der Waals surface area contributed by atoms with E-state index in [9.17, 15) is 14.3 Å². The second-order valence-corrected chi connectivity index (χ2v) is 13.1. The number of anilines is 1. The van der Waals surface area contributed by atoms with Crippen LogP contribution in [0.5, 0.6) is 0 Å². The molecule has 1 saturated heterocycles. The number of ether oxygens (including phenoxy) is 1. The second kappa shape index (κ2) is 10.6. The van der Waals surface area contributed by atoms with Gasteiger partial charge in [0.25, 0.3) is 0 Å². The van der Waals surface area contributed by atoms with Crippen LogP contribution in [0.15, 0.2) is 54.7 Å². The number of rotatable bonds is 6. The van der Waals surface area contributed by atoms with Crippen molar-refractivity contribution in [3.8, 4) is 22.4 Å². The molecule has 0 amide bonds. The summed E-state index contributed by atoms with van der Waals surface area (Å²) >= 11 is 0. The van der Waals surface area contributed by atoms with E-state index in [0.717, 1.165) is 65.3 Å². The van der Waals surface area contributed by atoms with Crippen LogP contribution in [0.2, 0.25) is 0 Å². The van der Waals surface area contributed by atoms with Crippen molar-refractivity contribution < 1.29 is 19.0 Å². The molecule has 3 heterocycles. The lowest BCUT2D eigenvalue weighted by atomic mass is 9.82. The van der Waals surface area contributed by atoms with Gasteiger partial charge in [0.15, 0.2) is 6.10 Å². The zero-order valence-corrected chi connectivity index (χ0v) is 25.1. The van der Waals surface area contributed by atoms with Gasteiger partial charge >= 0.3 is 5.97 Å². The smallest absolute Gasteiger partial charge is 0.337 e. The zero-order valence-electron chi connectivity index (χ0n) is 25.1. The van der Waals surface area contributed by atoms with Crippen LogP contribution < -0.4 is 4.90 Å². The van der Waals surface area contributed by atoms with Crippen molar-refractivity contribution in [2.24, 2.45) is 5.41 Å². The molecule has 0 bridgehead atoms. The minimum Gasteiger partial charge on any atom is -0.479 e. The van der Waals surface area contributed by atoms with E-state index in [0.29, 0.717) is 11.1 Å². The molecule has 5 rings (SSSR count). The van der Waals surface area contributed by atoms with E-state index in [4.69, 9.17) is 9.72 Å². The summed E-state index contributed by atoms with van der Waals surface area (Å²) in [6.07, 6.45) is 2.81. The predicted molar refractivity (Wildman–Crippen MR) is 162 cm³/mol. The Bertz CT molecular complexity index is 1610. The SMILES string of the molecule is Cc1ccc(-c2cccc(-c3cn4c(N5CCC(C)(C)CC5)c(C(OC(C)(C)C)C(=O)O)c(C)cc4n3)c2)c(F)c1. The van der Waals surface area contributed by atoms with Gasteiger partial charge in [-0.1, -0.05) is 44.2 Å². The van der Waals surface area contributed by atoms with E-state index in [1.807, 2.05) is 81.6 Å². The fraction of sp³-hybridized carbons (Fsp3) is 0.412. The number of hydrogen-bond donors (Lipinski definition) is 1. The van der Waals surface area contributed by atoms with Crippen molar-refractivity contribution in [3.05, 3.63) is 77.2 Å². The molecule has 0 spiro atoms. The van der Waals surface area contributed by atoms with Crippen molar-refractivity contribution in [3.63, 3.8) is 0 Å². The minimum absolute atomic E-state index is 0.222. The van der Waals surface area contributed by atoms with Crippen LogP contribution in [-0.2, 0) is 9.53 Å². The molecular weight excluding hydrogens is 517 g/mol. The molecular formula is C34H40FN3O3. The molecule has 1 aliphatic rings. The predicted octanol–water partition coefficient (Wildman–Crippen LogP) is 7.99. The Balaban J connectivity index is 1.68. The number of aryl methyl sites for hydroxylation is 2. The minimum atomic E-state index is -1.14. The van der Waals surface area contributed by atoms with Crippen molar-refractivity contribution in [2.75, 3.05) is 18.0 Å². The van der Waals surface area contributed by atoms with E-state index in [2.05, 4.69) is 18.7 Å². The Labute approximate surface area is 241 Å². The van der Waals surface area contributed by atoms with Crippen LogP contribution in [0, 0.1) is 25.1 Å². The average Bonchev–Trinajstić information content (AvgIpc) is 3.30. The highest BCUT2D eigenvalue weighted by Crippen LogP contribution is 2.40. The Kier molecular flexibility index (Phi) is 7.45. The van der Waals surface area contributed by atoms with E-state index < -0.39 is 17.7 Å². The number of imidazole rings is 1. The number of aromatic nitrogens is 2. The number of aliphatic carboxylic acids is 1. The topological polar surface area (TPSA) is 67.1 Å². The molecule has 6 nitrogen and oxygen atoms in total. The molecule has 0 saturated carbocycles. The summed E-state index contributed by atoms with van der Waals surface area (Å²) in [4.78, 5) is 19.9. The van der Waals surface area contributed by atoms with Crippen LogP contribution in [0.4, 0.5) is 10.2 Å². The summed E-state index contributed by atoms with van der Waals surface area (Å²) in [5, 5.41) is 10.4. The maximum Gasteiger partial charge on any atom is 0.337 e. The standard InChI is InChI=1S/C34H40FN3O3/c1-21-11-12-25(26(35)17-21)23-9-8-10-24(19-23)27-20-38-28(36-27)18-22(2)29(30(32(39)40)41-33(3,4)5)31(38)37-15-13-34(6,7)14-16-37/h8-12,17-20,30H,13-16H2,1-7H3,(H,39,40). The molecule has 0 radical (unpaired) electrons. The third-order valence-electron chi connectivity index (χ3n) is 7.94. The first-order valence-electron chi connectivity index (χ1n) is 14.3. The van der Waals surface area contributed by atoms with Gasteiger partial charge in [0.1, 0.15) is 17.3 Å². The normalized spacial score (nSPS) is 16.2. The Hall–Kier alpha value is -3.71. The van der Waals surface area contributed by atoms with E-state index in [1.54, 1.807) is 12.1 Å². The Morgan fingerprint density at radius 3 is 2.37 bits per heavy atom. The first-order valence-corrected chi connectivity index (χ1v) is 14.3. The number of carboxylic acids is 1. The summed E-state index contributed by atoms with van der Waals surface area (Å²) in [7, 11) is 0. The maximum atomic E-state index is 14.8. The fourth-order valence-corrected chi connectivity index (χ4v) is 5.64. The van der Waals surface area contributed by atoms with Gasteiger partial charge in [0, 0.05) is 36.0 Å². The summed E-state index contributed by atoms with van der Waals surface area (Å²) < 4.78 is 23.0. The molecule has 41 heavy (non-hydrogen) atoms. The molecule has 1 aliphatic heterocycles. The zero-order chi connectivity index (χ0) is 29.7. The summed E-state index contributed by atoms with van der Waals surface area (Å²) in [6.45, 7) is 15.6. The van der Waals surface area contributed by atoms with Gasteiger partial charge in [-0.25, -0.2) is 14.2 Å². The van der Waals surface area contributed by atoms with Gasteiger partial charge in [0.05, 0.1) is 11.3 Å². The fourth-order valence-electron chi connectivity index (χ4n) is 5.64. The first kappa shape index (κ1) is 28.8. The van der Waals surface area contributed by atoms with Crippen molar-refractivity contribution in [1.29, 1.82) is 0 Å². The quantitative estimate of drug-likeness (QED) is 0.260. The lowest BCUT2D eigenvalue weighted by Crippen LogP contribution is -2.40. The van der Waals surface area contributed by atoms with Gasteiger partial charge in [-0.2, -0.15) is 0 Å². The largest absolute Gasteiger partial charge is 0.479 e. The summed E-state index contributed by atoms with van der Waals surface area (Å²) in [5.74, 6) is -0.466. The third kappa shape index (κ3) is 6.01. The number of hydrogen-bond acceptors (Lipinski definition) is 4. The van der Waals surface area contributed by atoms with Gasteiger partial charge in [-0.05, 0) is 87.8 Å². The van der Waals surface area contributed by atoms with E-state index >= 15 is 0 Å². The van der Waals surface area contributed by atoms with Gasteiger partial charge < -0.3 is 14.7 Å². The maximum absolute atomic E-state index is 14.8. The Morgan fingerprint density at radius 1 is 1.05 bits per heavy atom. The molecule has 1 N–H and O–H groups in total. The number of carbonyl (C=O) groups is 1. The van der Waals surface area contributed by atoms with Crippen LogP contribution >= 0.6 is 0 Å². The van der Waals surface area contributed by atoms with Gasteiger partial charge in [-0.3, -0.25) is 4.40 Å². The van der Waals surface area contributed by atoms with E-state index in [1.165, 1.54) is 0 Å². The number of halogens is 1. The number of nitrogens with zero attached hydrogens (tertiary/aromatic N) is 3. The molecule has 216 valence electrons. The monoisotopic (exact) mass is 557 g/mol. The van der Waals surface area contributed by atoms with E-state index in [-0.39, 0.29) is 11.2 Å². The third-order valence-corrected chi connectivity index (χ3v) is 7.94. The molecule has 4 aromatic rings. The molecule has 7 heteroatoms. The number of piperidine rings is 1. The first-order chi connectivity index (χ1) is 19.2. The van der Waals surface area contributed by atoms with Crippen molar-refractivity contribution in [1.82, 2.24) is 9.38 Å². The lowest BCUT2D eigenvalue weighted by Gasteiger charge is -2.40. The van der Waals surface area contributed by atoms with Gasteiger partial charge in [0.2, 0.25) is 0 Å². The van der Waals surface area contributed by atoms with Crippen LogP contribution in [0.25, 0.3) is 28.0 Å². The molecule has 1 atom stereocenters. The summed E-state index contributed by atoms with van der Waals surface area (Å²) in [6, 6.07) is 14.9. The molecule has 1 unspecified atom stereocenters. The number of benzene rings is 2. The second-order valence-electron chi connectivity index (χ2n) is 13.1. The highest BCUT2D eigenvalue weighted by molar-refractivity contribution is 5.80. The van der Waals surface area contributed by atoms with Gasteiger partial charge in [-0.15, -0.1) is 0 Å². The molecule has 0 aliphatic carbocycles. The highest BCUT2D eigenvalue weighted by Gasteiger charge is 2.35. The number of pyridine rings is 1. The number of carboxylic acid groups (broad SMARTS) is 1. The number of fused-ring (bicyclic) bond motifs is 1. The van der Waals surface area contributed by atoms with Crippen molar-refractivity contribution >= 4 is 17.4 Å². The van der Waals surface area contributed by atoms with Crippen LogP contribution in [-0.4, -0.2) is 39.2 Å². The molecule has 2 aromatic heterocycles. The molecule has 1 fully saturated rings. The van der Waals surface area contributed by atoms with Crippen molar-refractivity contribution in [2.45, 2.75) is 73.0 Å². The summed E-state index contributed by atoms with van der Waals surface area (Å²) in [5.41, 5.74) is 5.55. The highest BCUT2D eigenvalue weighted by atomic mass is 19.1. The molecule has 2 aromatic carbocycles. The Morgan fingerprint density at radius 2 is 1.73 bits per heavy atom.